The molecule has 2 aromatic carbocycles. The van der Waals surface area contributed by atoms with Gasteiger partial charge in [0.05, 0.1) is 13.0 Å². The lowest BCUT2D eigenvalue weighted by Gasteiger charge is -2.24. The van der Waals surface area contributed by atoms with E-state index in [1.807, 2.05) is 36.4 Å². The number of aryl methyl sites for hydroxylation is 1. The fourth-order valence-electron chi connectivity index (χ4n) is 3.39. The van der Waals surface area contributed by atoms with Gasteiger partial charge in [-0.3, -0.25) is 9.59 Å². The van der Waals surface area contributed by atoms with Crippen LogP contribution in [-0.2, 0) is 41.6 Å². The molecule has 0 aromatic heterocycles. The van der Waals surface area contributed by atoms with Crippen LogP contribution in [0.25, 0.3) is 0 Å². The number of nitrogens with one attached hydrogen (secondary N) is 2. The molecule has 0 aliphatic heterocycles. The Morgan fingerprint density at radius 2 is 1.41 bits per heavy atom. The summed E-state index contributed by atoms with van der Waals surface area (Å²) in [5.41, 5.74) is 0.961. The van der Waals surface area contributed by atoms with Gasteiger partial charge in [-0.2, -0.15) is 0 Å². The highest BCUT2D eigenvalue weighted by molar-refractivity contribution is 5.92. The molecule has 200 valence electrons. The van der Waals surface area contributed by atoms with Crippen LogP contribution < -0.4 is 10.6 Å². The highest BCUT2D eigenvalue weighted by Gasteiger charge is 2.31. The molecular weight excluding hydrogens is 476 g/mol. The van der Waals surface area contributed by atoms with E-state index in [1.165, 1.54) is 0 Å². The Balaban J connectivity index is 2.11. The number of carbonyl (C=O) groups is 4. The molecule has 2 atom stereocenters. The maximum absolute atomic E-state index is 13.2. The molecule has 37 heavy (non-hydrogen) atoms. The molecule has 0 bridgehead atoms. The minimum Gasteiger partial charge on any atom is -0.464 e. The third kappa shape index (κ3) is 11.6. The van der Waals surface area contributed by atoms with Crippen LogP contribution >= 0.6 is 0 Å². The summed E-state index contributed by atoms with van der Waals surface area (Å²) in [7, 11) is 0. The van der Waals surface area contributed by atoms with E-state index in [2.05, 4.69) is 10.6 Å². The molecule has 0 radical (unpaired) electrons. The van der Waals surface area contributed by atoms with Crippen LogP contribution in [-0.4, -0.2) is 48.2 Å². The normalized spacial score (nSPS) is 12.5. The van der Waals surface area contributed by atoms with E-state index in [1.54, 1.807) is 52.0 Å². The van der Waals surface area contributed by atoms with Crippen molar-refractivity contribution in [1.82, 2.24) is 10.6 Å². The summed E-state index contributed by atoms with van der Waals surface area (Å²) in [6, 6.07) is 16.2. The Morgan fingerprint density at radius 1 is 0.811 bits per heavy atom. The Labute approximate surface area is 217 Å². The molecule has 0 spiro atoms. The molecule has 0 aliphatic carbocycles. The first-order chi connectivity index (χ1) is 17.6. The van der Waals surface area contributed by atoms with Crippen molar-refractivity contribution < 1.29 is 33.4 Å². The van der Waals surface area contributed by atoms with E-state index in [0.717, 1.165) is 11.1 Å². The van der Waals surface area contributed by atoms with Gasteiger partial charge in [-0.25, -0.2) is 9.59 Å². The number of carbonyl (C=O) groups excluding carboxylic acids is 4. The van der Waals surface area contributed by atoms with Crippen LogP contribution in [0.2, 0.25) is 0 Å². The van der Waals surface area contributed by atoms with Crippen molar-refractivity contribution in [2.24, 2.45) is 0 Å². The molecule has 2 unspecified atom stereocenters. The Bertz CT molecular complexity index is 1020. The van der Waals surface area contributed by atoms with Gasteiger partial charge in [0.25, 0.3) is 0 Å². The molecule has 0 heterocycles. The van der Waals surface area contributed by atoms with E-state index in [9.17, 15) is 19.2 Å². The van der Waals surface area contributed by atoms with E-state index in [4.69, 9.17) is 14.2 Å². The fourth-order valence-corrected chi connectivity index (χ4v) is 3.39. The van der Waals surface area contributed by atoms with Crippen molar-refractivity contribution in [2.45, 2.75) is 71.2 Å². The predicted octanol–water partition coefficient (Wildman–Crippen LogP) is 3.69. The van der Waals surface area contributed by atoms with E-state index >= 15 is 0 Å². The third-order valence-electron chi connectivity index (χ3n) is 5.06. The molecule has 0 aliphatic rings. The quantitative estimate of drug-likeness (QED) is 0.329. The van der Waals surface area contributed by atoms with Crippen LogP contribution in [0.3, 0.4) is 0 Å². The van der Waals surface area contributed by atoms with Gasteiger partial charge in [0, 0.05) is 0 Å². The van der Waals surface area contributed by atoms with Crippen molar-refractivity contribution >= 4 is 23.9 Å². The van der Waals surface area contributed by atoms with Crippen molar-refractivity contribution in [3.8, 4) is 0 Å². The van der Waals surface area contributed by atoms with Gasteiger partial charge in [0.2, 0.25) is 5.91 Å². The average Bonchev–Trinajstić information content (AvgIpc) is 2.85. The molecule has 2 aromatic rings. The maximum atomic E-state index is 13.2. The van der Waals surface area contributed by atoms with Crippen molar-refractivity contribution in [2.75, 3.05) is 6.61 Å². The SMILES string of the molecule is CCOC(=O)C(CCc1ccccc1)NC(=O)C(CC(=O)OC(C)(C)C)NC(=O)OCc1ccccc1. The van der Waals surface area contributed by atoms with Crippen LogP contribution in [0.15, 0.2) is 60.7 Å². The van der Waals surface area contributed by atoms with E-state index in [0.29, 0.717) is 6.42 Å². The minimum atomic E-state index is -1.33. The highest BCUT2D eigenvalue weighted by atomic mass is 16.6. The van der Waals surface area contributed by atoms with Gasteiger partial charge in [-0.05, 0) is 51.7 Å². The van der Waals surface area contributed by atoms with Crippen molar-refractivity contribution in [3.63, 3.8) is 0 Å². The number of rotatable bonds is 12. The molecule has 9 heteroatoms. The maximum Gasteiger partial charge on any atom is 0.408 e. The summed E-state index contributed by atoms with van der Waals surface area (Å²) >= 11 is 0. The zero-order valence-corrected chi connectivity index (χ0v) is 21.8. The molecule has 0 saturated carbocycles. The van der Waals surface area contributed by atoms with Crippen LogP contribution in [0.1, 0.15) is 51.7 Å². The summed E-state index contributed by atoms with van der Waals surface area (Å²) in [5, 5.41) is 5.06. The van der Waals surface area contributed by atoms with Crippen molar-refractivity contribution in [1.29, 1.82) is 0 Å². The van der Waals surface area contributed by atoms with Crippen LogP contribution in [0, 0.1) is 0 Å². The first kappa shape index (κ1) is 29.4. The minimum absolute atomic E-state index is 0.0179. The second-order valence-corrected chi connectivity index (χ2v) is 9.39. The average molecular weight is 513 g/mol. The second-order valence-electron chi connectivity index (χ2n) is 9.39. The lowest BCUT2D eigenvalue weighted by Crippen LogP contribution is -2.53. The number of esters is 2. The third-order valence-corrected chi connectivity index (χ3v) is 5.06. The first-order valence-electron chi connectivity index (χ1n) is 12.3. The summed E-state index contributed by atoms with van der Waals surface area (Å²) in [6.07, 6.45) is -0.553. The monoisotopic (exact) mass is 512 g/mol. The topological polar surface area (TPSA) is 120 Å². The molecule has 2 rings (SSSR count). The number of amides is 2. The Morgan fingerprint density at radius 3 is 1.97 bits per heavy atom. The molecule has 2 N–H and O–H groups in total. The summed E-state index contributed by atoms with van der Waals surface area (Å²) in [4.78, 5) is 50.7. The van der Waals surface area contributed by atoms with Crippen molar-refractivity contribution in [3.05, 3.63) is 71.8 Å². The van der Waals surface area contributed by atoms with Crippen LogP contribution in [0.5, 0.6) is 0 Å². The van der Waals surface area contributed by atoms with Gasteiger partial charge in [-0.15, -0.1) is 0 Å². The zero-order valence-electron chi connectivity index (χ0n) is 21.8. The van der Waals surface area contributed by atoms with Gasteiger partial charge >= 0.3 is 18.0 Å². The fraction of sp³-hybridized carbons (Fsp3) is 0.429. The molecule has 2 amide bonds. The lowest BCUT2D eigenvalue weighted by atomic mass is 10.0. The zero-order chi connectivity index (χ0) is 27.3. The van der Waals surface area contributed by atoms with E-state index < -0.39 is 48.0 Å². The number of hydrogen-bond donors (Lipinski definition) is 2. The molecular formula is C28H36N2O7. The van der Waals surface area contributed by atoms with Gasteiger partial charge < -0.3 is 24.8 Å². The Hall–Kier alpha value is -3.88. The summed E-state index contributed by atoms with van der Waals surface area (Å²) in [6.45, 7) is 6.88. The van der Waals surface area contributed by atoms with Gasteiger partial charge in [0.1, 0.15) is 24.3 Å². The number of benzene rings is 2. The smallest absolute Gasteiger partial charge is 0.408 e. The molecule has 0 saturated heterocycles. The highest BCUT2D eigenvalue weighted by Crippen LogP contribution is 2.11. The van der Waals surface area contributed by atoms with Crippen LogP contribution in [0.4, 0.5) is 4.79 Å². The molecule has 9 nitrogen and oxygen atoms in total. The largest absolute Gasteiger partial charge is 0.464 e. The van der Waals surface area contributed by atoms with E-state index in [-0.39, 0.29) is 19.6 Å². The lowest BCUT2D eigenvalue weighted by molar-refractivity contribution is -0.156. The number of hydrogen-bond acceptors (Lipinski definition) is 7. The summed E-state index contributed by atoms with van der Waals surface area (Å²) < 4.78 is 15.7. The second kappa shape index (κ2) is 14.6. The standard InChI is InChI=1S/C28H36N2O7/c1-5-35-26(33)22(17-16-20-12-8-6-9-13-20)29-25(32)23(18-24(31)37-28(2,3)4)30-27(34)36-19-21-14-10-7-11-15-21/h6-15,22-23H,5,16-19H2,1-4H3,(H,29,32)(H,30,34). The Kier molecular flexibility index (Phi) is 11.6. The number of ether oxygens (including phenoxy) is 3. The molecule has 0 fully saturated rings. The van der Waals surface area contributed by atoms with Gasteiger partial charge in [-0.1, -0.05) is 60.7 Å². The number of alkyl carbamates (subject to hydrolysis) is 1. The predicted molar refractivity (Wildman–Crippen MR) is 137 cm³/mol. The summed E-state index contributed by atoms with van der Waals surface area (Å²) in [5.74, 6) is -2.02. The first-order valence-corrected chi connectivity index (χ1v) is 12.3. The van der Waals surface area contributed by atoms with Gasteiger partial charge in [0.15, 0.2) is 0 Å².